The van der Waals surface area contributed by atoms with Crippen LogP contribution in [0.1, 0.15) is 55.0 Å². The number of hydrogen-bond donors (Lipinski definition) is 4. The Morgan fingerprint density at radius 1 is 0.788 bits per heavy atom. The number of carbonyl (C=O) groups excluding carboxylic acids is 2. The predicted octanol–water partition coefficient (Wildman–Crippen LogP) is 2.22. The topological polar surface area (TPSA) is 134 Å². The minimum atomic E-state index is 0.00888. The molecule has 2 aromatic heterocycles. The van der Waals surface area contributed by atoms with E-state index in [1.165, 1.54) is 22.7 Å². The van der Waals surface area contributed by atoms with E-state index in [9.17, 15) is 9.59 Å². The fraction of sp³-hybridized carbons (Fsp3) is 0.714. The molecule has 10 nitrogen and oxygen atoms in total. The Bertz CT molecular complexity index is 833. The second-order valence-electron chi connectivity index (χ2n) is 8.78. The molecule has 2 amide bonds. The van der Waals surface area contributed by atoms with E-state index in [1.807, 2.05) is 0 Å². The van der Waals surface area contributed by atoms with E-state index in [0.717, 1.165) is 81.1 Å². The molecular formula is C21H32N8O2S2. The second-order valence-corrected chi connectivity index (χ2v) is 10.9. The molecule has 0 saturated carbocycles. The SMILES string of the molecule is O=C(CC1CCCNC1)Nc1nnc(CCCc2nnc(NC(=O)CC3CCCNC3)s2)s1. The molecule has 180 valence electrons. The predicted molar refractivity (Wildman–Crippen MR) is 130 cm³/mol. The zero-order valence-corrected chi connectivity index (χ0v) is 20.4. The first-order chi connectivity index (χ1) is 16.1. The number of aromatic nitrogens is 4. The summed E-state index contributed by atoms with van der Waals surface area (Å²) >= 11 is 2.85. The molecular weight excluding hydrogens is 460 g/mol. The summed E-state index contributed by atoms with van der Waals surface area (Å²) in [4.78, 5) is 24.5. The molecule has 0 aromatic carbocycles. The Kier molecular flexibility index (Phi) is 9.09. The molecule has 0 bridgehead atoms. The summed E-state index contributed by atoms with van der Waals surface area (Å²) in [7, 11) is 0. The minimum absolute atomic E-state index is 0.00888. The average molecular weight is 493 g/mol. The van der Waals surface area contributed by atoms with Gasteiger partial charge in [-0.15, -0.1) is 20.4 Å². The number of nitrogens with zero attached hydrogens (tertiary/aromatic N) is 4. The fourth-order valence-electron chi connectivity index (χ4n) is 4.26. The molecule has 0 spiro atoms. The number of carbonyl (C=O) groups is 2. The first kappa shape index (κ1) is 24.1. The summed E-state index contributed by atoms with van der Waals surface area (Å²) in [5.41, 5.74) is 0. The molecule has 2 saturated heterocycles. The third-order valence-electron chi connectivity index (χ3n) is 5.95. The number of rotatable bonds is 10. The van der Waals surface area contributed by atoms with Crippen LogP contribution in [0.2, 0.25) is 0 Å². The summed E-state index contributed by atoms with van der Waals surface area (Å²) in [5.74, 6) is 0.818. The number of piperidine rings is 2. The van der Waals surface area contributed by atoms with Crippen LogP contribution in [-0.2, 0) is 22.4 Å². The highest BCUT2D eigenvalue weighted by Crippen LogP contribution is 2.22. The molecule has 0 radical (unpaired) electrons. The lowest BCUT2D eigenvalue weighted by Gasteiger charge is -2.21. The van der Waals surface area contributed by atoms with Crippen molar-refractivity contribution in [3.8, 4) is 0 Å². The highest BCUT2D eigenvalue weighted by molar-refractivity contribution is 7.15. The van der Waals surface area contributed by atoms with Gasteiger partial charge in [-0.3, -0.25) is 9.59 Å². The van der Waals surface area contributed by atoms with E-state index < -0.39 is 0 Å². The van der Waals surface area contributed by atoms with E-state index in [2.05, 4.69) is 41.7 Å². The van der Waals surface area contributed by atoms with Crippen LogP contribution in [0.4, 0.5) is 10.3 Å². The summed E-state index contributed by atoms with van der Waals surface area (Å²) in [6.07, 6.45) is 7.86. The third-order valence-corrected chi connectivity index (χ3v) is 7.75. The van der Waals surface area contributed by atoms with Gasteiger partial charge in [0.1, 0.15) is 10.0 Å². The third kappa shape index (κ3) is 8.05. The van der Waals surface area contributed by atoms with Crippen molar-refractivity contribution in [2.24, 2.45) is 11.8 Å². The van der Waals surface area contributed by atoms with Crippen molar-refractivity contribution in [1.82, 2.24) is 31.0 Å². The van der Waals surface area contributed by atoms with E-state index >= 15 is 0 Å². The van der Waals surface area contributed by atoms with E-state index in [1.54, 1.807) is 0 Å². The zero-order chi connectivity index (χ0) is 22.9. The van der Waals surface area contributed by atoms with Crippen LogP contribution < -0.4 is 21.3 Å². The zero-order valence-electron chi connectivity index (χ0n) is 18.8. The molecule has 2 fully saturated rings. The summed E-state index contributed by atoms with van der Waals surface area (Å²) in [6.45, 7) is 3.90. The van der Waals surface area contributed by atoms with Crippen molar-refractivity contribution in [3.63, 3.8) is 0 Å². The maximum atomic E-state index is 12.2. The van der Waals surface area contributed by atoms with Crippen molar-refractivity contribution in [2.75, 3.05) is 36.8 Å². The number of amides is 2. The van der Waals surface area contributed by atoms with Gasteiger partial charge in [-0.25, -0.2) is 0 Å². The molecule has 33 heavy (non-hydrogen) atoms. The van der Waals surface area contributed by atoms with Crippen LogP contribution in [-0.4, -0.2) is 58.4 Å². The Labute approximate surface area is 201 Å². The maximum Gasteiger partial charge on any atom is 0.226 e. The van der Waals surface area contributed by atoms with Crippen LogP contribution >= 0.6 is 22.7 Å². The quantitative estimate of drug-likeness (QED) is 0.397. The molecule has 2 atom stereocenters. The van der Waals surface area contributed by atoms with Crippen molar-refractivity contribution >= 4 is 44.8 Å². The lowest BCUT2D eigenvalue weighted by molar-refractivity contribution is -0.118. The smallest absolute Gasteiger partial charge is 0.226 e. The summed E-state index contributed by atoms with van der Waals surface area (Å²) in [6, 6.07) is 0. The molecule has 2 unspecified atom stereocenters. The Hall–Kier alpha value is -2.02. The highest BCUT2D eigenvalue weighted by atomic mass is 32.1. The molecule has 4 rings (SSSR count). The van der Waals surface area contributed by atoms with Crippen LogP contribution in [0.15, 0.2) is 0 Å². The minimum Gasteiger partial charge on any atom is -0.316 e. The molecule has 2 aliphatic heterocycles. The van der Waals surface area contributed by atoms with Gasteiger partial charge in [0.2, 0.25) is 22.1 Å². The standard InChI is InChI=1S/C21H32N8O2S2/c30-16(10-14-4-2-8-22-12-14)24-20-28-26-18(32-20)6-1-7-19-27-29-21(33-19)25-17(31)11-15-5-3-9-23-13-15/h14-15,22-23H,1-13H2,(H,24,28,30)(H,25,29,31). The first-order valence-corrected chi connectivity index (χ1v) is 13.4. The van der Waals surface area contributed by atoms with E-state index in [0.29, 0.717) is 34.9 Å². The van der Waals surface area contributed by atoms with Gasteiger partial charge < -0.3 is 21.3 Å². The van der Waals surface area contributed by atoms with Gasteiger partial charge >= 0.3 is 0 Å². The van der Waals surface area contributed by atoms with Crippen LogP contribution in [0, 0.1) is 11.8 Å². The van der Waals surface area contributed by atoms with Gasteiger partial charge in [0, 0.05) is 25.7 Å². The monoisotopic (exact) mass is 492 g/mol. The molecule has 12 heteroatoms. The number of hydrogen-bond acceptors (Lipinski definition) is 10. The maximum absolute atomic E-state index is 12.2. The average Bonchev–Trinajstić information content (AvgIpc) is 3.44. The Morgan fingerprint density at radius 3 is 1.70 bits per heavy atom. The summed E-state index contributed by atoms with van der Waals surface area (Å²) < 4.78 is 0. The van der Waals surface area contributed by atoms with Gasteiger partial charge in [0.05, 0.1) is 0 Å². The van der Waals surface area contributed by atoms with Gasteiger partial charge in [-0.05, 0) is 70.1 Å². The van der Waals surface area contributed by atoms with Gasteiger partial charge in [-0.1, -0.05) is 22.7 Å². The Morgan fingerprint density at radius 2 is 1.27 bits per heavy atom. The van der Waals surface area contributed by atoms with Gasteiger partial charge in [0.25, 0.3) is 0 Å². The lowest BCUT2D eigenvalue weighted by atomic mass is 9.96. The first-order valence-electron chi connectivity index (χ1n) is 11.8. The number of aryl methyl sites for hydroxylation is 2. The Balaban J connectivity index is 1.14. The number of nitrogens with one attached hydrogen (secondary N) is 4. The van der Waals surface area contributed by atoms with E-state index in [-0.39, 0.29) is 11.8 Å². The molecule has 0 aliphatic carbocycles. The largest absolute Gasteiger partial charge is 0.316 e. The van der Waals surface area contributed by atoms with Gasteiger partial charge in [0.15, 0.2) is 0 Å². The molecule has 2 aliphatic rings. The molecule has 2 aromatic rings. The molecule has 4 heterocycles. The van der Waals surface area contributed by atoms with Crippen molar-refractivity contribution in [3.05, 3.63) is 10.0 Å². The highest BCUT2D eigenvalue weighted by Gasteiger charge is 2.19. The van der Waals surface area contributed by atoms with Crippen molar-refractivity contribution < 1.29 is 9.59 Å². The van der Waals surface area contributed by atoms with Crippen LogP contribution in [0.25, 0.3) is 0 Å². The molecule has 4 N–H and O–H groups in total. The van der Waals surface area contributed by atoms with E-state index in [4.69, 9.17) is 0 Å². The van der Waals surface area contributed by atoms with Crippen molar-refractivity contribution in [2.45, 2.75) is 57.8 Å². The van der Waals surface area contributed by atoms with Crippen LogP contribution in [0.5, 0.6) is 0 Å². The van der Waals surface area contributed by atoms with Crippen molar-refractivity contribution in [1.29, 1.82) is 0 Å². The van der Waals surface area contributed by atoms with Gasteiger partial charge in [-0.2, -0.15) is 0 Å². The lowest BCUT2D eigenvalue weighted by Crippen LogP contribution is -2.32. The summed E-state index contributed by atoms with van der Waals surface area (Å²) in [5, 5.41) is 31.9. The second kappa shape index (κ2) is 12.4. The normalized spacial score (nSPS) is 21.0. The fourth-order valence-corrected chi connectivity index (χ4v) is 5.86. The number of anilines is 2. The van der Waals surface area contributed by atoms with Crippen LogP contribution in [0.3, 0.4) is 0 Å².